The Balaban J connectivity index is 2.37. The molecule has 1 aliphatic heterocycles. The van der Waals surface area contributed by atoms with E-state index < -0.39 is 12.6 Å². The lowest BCUT2D eigenvalue weighted by Gasteiger charge is -2.40. The van der Waals surface area contributed by atoms with Crippen LogP contribution in [0.15, 0.2) is 0 Å². The van der Waals surface area contributed by atoms with E-state index in [2.05, 4.69) is 4.90 Å². The molecule has 2 nitrogen and oxygen atoms in total. The lowest BCUT2D eigenvalue weighted by Crippen LogP contribution is -2.55. The molecule has 1 fully saturated rings. The van der Waals surface area contributed by atoms with Crippen LogP contribution in [0.25, 0.3) is 0 Å². The molecule has 1 rings (SSSR count). The molecule has 5 heteroatoms. The molecular formula is C12H23F3N2. The highest BCUT2D eigenvalue weighted by Crippen LogP contribution is 2.28. The molecule has 0 bridgehead atoms. The second kappa shape index (κ2) is 5.57. The monoisotopic (exact) mass is 252 g/mol. The van der Waals surface area contributed by atoms with Crippen molar-refractivity contribution in [3.8, 4) is 0 Å². The lowest BCUT2D eigenvalue weighted by molar-refractivity contribution is -0.136. The van der Waals surface area contributed by atoms with E-state index in [0.29, 0.717) is 6.42 Å². The minimum absolute atomic E-state index is 0.127. The van der Waals surface area contributed by atoms with Crippen LogP contribution in [-0.4, -0.2) is 35.7 Å². The minimum atomic E-state index is -4.06. The van der Waals surface area contributed by atoms with E-state index in [1.165, 1.54) is 12.8 Å². The molecule has 0 radical (unpaired) electrons. The average Bonchev–Trinajstić information content (AvgIpc) is 2.68. The fraction of sp³-hybridized carbons (Fsp3) is 1.00. The maximum absolute atomic E-state index is 12.1. The van der Waals surface area contributed by atoms with Crippen LogP contribution in [0.1, 0.15) is 46.0 Å². The van der Waals surface area contributed by atoms with Crippen LogP contribution in [0.3, 0.4) is 0 Å². The molecule has 0 spiro atoms. The van der Waals surface area contributed by atoms with Crippen LogP contribution in [0.5, 0.6) is 0 Å². The van der Waals surface area contributed by atoms with Gasteiger partial charge in [0.2, 0.25) is 0 Å². The molecule has 0 aliphatic carbocycles. The van der Waals surface area contributed by atoms with E-state index in [1.54, 1.807) is 0 Å². The average molecular weight is 252 g/mol. The van der Waals surface area contributed by atoms with Crippen LogP contribution in [0, 0.1) is 0 Å². The van der Waals surface area contributed by atoms with Crippen molar-refractivity contribution in [2.75, 3.05) is 13.1 Å². The SMILES string of the molecule is CC(C)(C(N)CCCC(F)(F)F)N1CCCC1. The summed E-state index contributed by atoms with van der Waals surface area (Å²) in [6.07, 6.45) is -1.89. The number of nitrogens with zero attached hydrogens (tertiary/aromatic N) is 1. The van der Waals surface area contributed by atoms with Crippen molar-refractivity contribution >= 4 is 0 Å². The second-order valence-electron chi connectivity index (χ2n) is 5.46. The molecule has 0 aromatic heterocycles. The summed E-state index contributed by atoms with van der Waals surface area (Å²) in [5, 5.41) is 0. The van der Waals surface area contributed by atoms with Crippen LogP contribution in [0.2, 0.25) is 0 Å². The Hall–Kier alpha value is -0.290. The molecule has 0 aromatic rings. The topological polar surface area (TPSA) is 29.3 Å². The van der Waals surface area contributed by atoms with Crippen molar-refractivity contribution in [3.63, 3.8) is 0 Å². The van der Waals surface area contributed by atoms with Crippen molar-refractivity contribution in [3.05, 3.63) is 0 Å². The number of hydrogen-bond donors (Lipinski definition) is 1. The van der Waals surface area contributed by atoms with Gasteiger partial charge in [-0.15, -0.1) is 0 Å². The van der Waals surface area contributed by atoms with Gasteiger partial charge in [-0.3, -0.25) is 4.90 Å². The zero-order valence-corrected chi connectivity index (χ0v) is 10.7. The van der Waals surface area contributed by atoms with Crippen molar-refractivity contribution < 1.29 is 13.2 Å². The number of likely N-dealkylation sites (tertiary alicyclic amines) is 1. The Bertz CT molecular complexity index is 232. The van der Waals surface area contributed by atoms with Crippen molar-refractivity contribution in [1.82, 2.24) is 4.90 Å². The minimum Gasteiger partial charge on any atom is -0.326 e. The largest absolute Gasteiger partial charge is 0.389 e. The van der Waals surface area contributed by atoms with Crippen LogP contribution in [-0.2, 0) is 0 Å². The molecule has 102 valence electrons. The number of nitrogens with two attached hydrogens (primary N) is 1. The van der Waals surface area contributed by atoms with Gasteiger partial charge in [0.15, 0.2) is 0 Å². The predicted octanol–water partition coefficient (Wildman–Crippen LogP) is 2.92. The normalized spacial score (nSPS) is 20.8. The highest BCUT2D eigenvalue weighted by molar-refractivity contribution is 4.93. The number of alkyl halides is 3. The summed E-state index contributed by atoms with van der Waals surface area (Å²) >= 11 is 0. The van der Waals surface area contributed by atoms with Gasteiger partial charge in [0, 0.05) is 18.0 Å². The van der Waals surface area contributed by atoms with E-state index in [-0.39, 0.29) is 18.0 Å². The highest BCUT2D eigenvalue weighted by atomic mass is 19.4. The second-order valence-corrected chi connectivity index (χ2v) is 5.46. The first-order chi connectivity index (χ1) is 7.73. The van der Waals surface area contributed by atoms with Crippen molar-refractivity contribution in [2.24, 2.45) is 5.73 Å². The third kappa shape index (κ3) is 4.47. The Labute approximate surface area is 101 Å². The quantitative estimate of drug-likeness (QED) is 0.815. The standard InChI is InChI=1S/C12H23F3N2/c1-11(2,17-8-3-4-9-17)10(16)6-5-7-12(13,14)15/h10H,3-9,16H2,1-2H3. The first-order valence-electron chi connectivity index (χ1n) is 6.31. The zero-order chi connectivity index (χ0) is 13.1. The van der Waals surface area contributed by atoms with Gasteiger partial charge >= 0.3 is 6.18 Å². The smallest absolute Gasteiger partial charge is 0.326 e. The molecular weight excluding hydrogens is 229 g/mol. The van der Waals surface area contributed by atoms with Gasteiger partial charge in [-0.2, -0.15) is 13.2 Å². The molecule has 1 saturated heterocycles. The summed E-state index contributed by atoms with van der Waals surface area (Å²) in [4.78, 5) is 2.30. The molecule has 17 heavy (non-hydrogen) atoms. The summed E-state index contributed by atoms with van der Waals surface area (Å²) in [5.41, 5.74) is 5.86. The van der Waals surface area contributed by atoms with Gasteiger partial charge in [0.25, 0.3) is 0 Å². The lowest BCUT2D eigenvalue weighted by atomic mass is 9.89. The molecule has 0 saturated carbocycles. The van der Waals surface area contributed by atoms with E-state index >= 15 is 0 Å². The van der Waals surface area contributed by atoms with E-state index in [1.807, 2.05) is 13.8 Å². The van der Waals surface area contributed by atoms with Crippen LogP contribution >= 0.6 is 0 Å². The summed E-state index contributed by atoms with van der Waals surface area (Å²) in [7, 11) is 0. The van der Waals surface area contributed by atoms with E-state index in [4.69, 9.17) is 5.73 Å². The van der Waals surface area contributed by atoms with Crippen LogP contribution in [0.4, 0.5) is 13.2 Å². The predicted molar refractivity (Wildman–Crippen MR) is 62.8 cm³/mol. The molecule has 1 unspecified atom stereocenters. The Morgan fingerprint density at radius 1 is 1.18 bits per heavy atom. The maximum Gasteiger partial charge on any atom is 0.389 e. The molecule has 0 amide bonds. The molecule has 1 aliphatic rings. The van der Waals surface area contributed by atoms with Gasteiger partial charge < -0.3 is 5.73 Å². The van der Waals surface area contributed by atoms with E-state index in [0.717, 1.165) is 13.1 Å². The number of hydrogen-bond acceptors (Lipinski definition) is 2. The summed E-state index contributed by atoms with van der Waals surface area (Å²) in [6, 6.07) is -0.192. The molecule has 1 heterocycles. The zero-order valence-electron chi connectivity index (χ0n) is 10.7. The molecule has 1 atom stereocenters. The van der Waals surface area contributed by atoms with Gasteiger partial charge in [0.05, 0.1) is 0 Å². The third-order valence-electron chi connectivity index (χ3n) is 3.80. The first-order valence-corrected chi connectivity index (χ1v) is 6.31. The van der Waals surface area contributed by atoms with Gasteiger partial charge in [-0.1, -0.05) is 0 Å². The summed E-state index contributed by atoms with van der Waals surface area (Å²) in [5.74, 6) is 0. The van der Waals surface area contributed by atoms with Crippen molar-refractivity contribution in [2.45, 2.75) is 63.7 Å². The van der Waals surface area contributed by atoms with E-state index in [9.17, 15) is 13.2 Å². The Morgan fingerprint density at radius 2 is 1.71 bits per heavy atom. The van der Waals surface area contributed by atoms with Crippen LogP contribution < -0.4 is 5.73 Å². The third-order valence-corrected chi connectivity index (χ3v) is 3.80. The van der Waals surface area contributed by atoms with Gasteiger partial charge in [0.1, 0.15) is 0 Å². The number of rotatable bonds is 5. The maximum atomic E-state index is 12.1. The number of halogens is 3. The highest BCUT2D eigenvalue weighted by Gasteiger charge is 2.35. The molecule has 2 N–H and O–H groups in total. The van der Waals surface area contributed by atoms with Gasteiger partial charge in [-0.05, 0) is 52.6 Å². The Morgan fingerprint density at radius 3 is 2.18 bits per heavy atom. The summed E-state index contributed by atoms with van der Waals surface area (Å²) < 4.78 is 36.2. The molecule has 0 aromatic carbocycles. The fourth-order valence-electron chi connectivity index (χ4n) is 2.40. The summed E-state index contributed by atoms with van der Waals surface area (Å²) in [6.45, 7) is 6.10. The van der Waals surface area contributed by atoms with Gasteiger partial charge in [-0.25, -0.2) is 0 Å². The Kier molecular flexibility index (Phi) is 4.84. The fourth-order valence-corrected chi connectivity index (χ4v) is 2.40. The first kappa shape index (κ1) is 14.8. The van der Waals surface area contributed by atoms with Crippen molar-refractivity contribution in [1.29, 1.82) is 0 Å².